The molecule has 0 bridgehead atoms. The fourth-order valence-electron chi connectivity index (χ4n) is 3.82. The Bertz CT molecular complexity index is 1320. The van der Waals surface area contributed by atoms with Crippen LogP contribution in [0.15, 0.2) is 54.6 Å². The van der Waals surface area contributed by atoms with Crippen LogP contribution in [0.5, 0.6) is 11.5 Å². The van der Waals surface area contributed by atoms with Crippen molar-refractivity contribution in [2.45, 2.75) is 13.3 Å². The van der Waals surface area contributed by atoms with Gasteiger partial charge >= 0.3 is 6.09 Å². The number of anilines is 2. The highest BCUT2D eigenvalue weighted by molar-refractivity contribution is 6.09. The van der Waals surface area contributed by atoms with Gasteiger partial charge in [-0.15, -0.1) is 0 Å². The maximum absolute atomic E-state index is 11.3. The van der Waals surface area contributed by atoms with Crippen LogP contribution < -0.4 is 20.1 Å². The van der Waals surface area contributed by atoms with Gasteiger partial charge in [0.15, 0.2) is 0 Å². The second-order valence-corrected chi connectivity index (χ2v) is 7.67. The van der Waals surface area contributed by atoms with E-state index in [-0.39, 0.29) is 0 Å². The van der Waals surface area contributed by atoms with Gasteiger partial charge in [0.25, 0.3) is 0 Å². The van der Waals surface area contributed by atoms with Crippen LogP contribution in [0.2, 0.25) is 0 Å². The number of hydrogen-bond donors (Lipinski definition) is 2. The third-order valence-electron chi connectivity index (χ3n) is 5.52. The number of pyridine rings is 1. The molecule has 0 saturated heterocycles. The van der Waals surface area contributed by atoms with Crippen LogP contribution in [-0.4, -0.2) is 39.0 Å². The Labute approximate surface area is 192 Å². The Morgan fingerprint density at radius 2 is 1.79 bits per heavy atom. The van der Waals surface area contributed by atoms with Gasteiger partial charge in [0.1, 0.15) is 11.5 Å². The lowest BCUT2D eigenvalue weighted by atomic mass is 10.0. The van der Waals surface area contributed by atoms with Crippen LogP contribution >= 0.6 is 0 Å². The van der Waals surface area contributed by atoms with E-state index in [4.69, 9.17) is 19.2 Å². The standard InChI is InChI=1S/C26H27N3O4/c1-16-12-23-21(15-24(16)32-4)25(20-14-19(31-3)8-9-22(20)29-23)28-18-7-5-6-17(13-18)10-11-33-26(30)27-2/h5-9,12-15H,10-11H2,1-4H3,(H,27,30)(H,28,29). The van der Waals surface area contributed by atoms with E-state index in [2.05, 4.69) is 16.7 Å². The maximum atomic E-state index is 11.3. The number of ether oxygens (including phenoxy) is 3. The minimum atomic E-state index is -0.433. The minimum Gasteiger partial charge on any atom is -0.497 e. The van der Waals surface area contributed by atoms with Gasteiger partial charge in [-0.2, -0.15) is 0 Å². The lowest BCUT2D eigenvalue weighted by Crippen LogP contribution is -2.20. The van der Waals surface area contributed by atoms with Gasteiger partial charge < -0.3 is 24.8 Å². The van der Waals surface area contributed by atoms with Crippen molar-refractivity contribution in [3.05, 3.63) is 65.7 Å². The summed E-state index contributed by atoms with van der Waals surface area (Å²) >= 11 is 0. The Balaban J connectivity index is 1.78. The van der Waals surface area contributed by atoms with Crippen LogP contribution in [0, 0.1) is 6.92 Å². The zero-order valence-electron chi connectivity index (χ0n) is 19.2. The Kier molecular flexibility index (Phi) is 6.49. The molecule has 4 aromatic rings. The molecule has 4 rings (SSSR count). The molecule has 7 nitrogen and oxygen atoms in total. The number of nitrogens with zero attached hydrogens (tertiary/aromatic N) is 1. The van der Waals surface area contributed by atoms with E-state index in [0.29, 0.717) is 13.0 Å². The van der Waals surface area contributed by atoms with Crippen molar-refractivity contribution in [2.24, 2.45) is 0 Å². The molecule has 0 aliphatic heterocycles. The molecule has 7 heteroatoms. The number of aryl methyl sites for hydroxylation is 1. The lowest BCUT2D eigenvalue weighted by Gasteiger charge is -2.16. The zero-order chi connectivity index (χ0) is 23.4. The van der Waals surface area contributed by atoms with Crippen molar-refractivity contribution < 1.29 is 19.0 Å². The predicted molar refractivity (Wildman–Crippen MR) is 131 cm³/mol. The van der Waals surface area contributed by atoms with Crippen LogP contribution in [0.3, 0.4) is 0 Å². The van der Waals surface area contributed by atoms with Gasteiger partial charge in [0, 0.05) is 29.9 Å². The smallest absolute Gasteiger partial charge is 0.406 e. The molecular formula is C26H27N3O4. The van der Waals surface area contributed by atoms with Gasteiger partial charge in [0.05, 0.1) is 37.5 Å². The second-order valence-electron chi connectivity index (χ2n) is 7.67. The molecule has 33 heavy (non-hydrogen) atoms. The summed E-state index contributed by atoms with van der Waals surface area (Å²) in [5, 5.41) is 7.94. The second kappa shape index (κ2) is 9.65. The van der Waals surface area contributed by atoms with Crippen molar-refractivity contribution in [1.29, 1.82) is 0 Å². The van der Waals surface area contributed by atoms with E-state index in [1.807, 2.05) is 55.5 Å². The van der Waals surface area contributed by atoms with E-state index < -0.39 is 6.09 Å². The van der Waals surface area contributed by atoms with Gasteiger partial charge in [0.2, 0.25) is 0 Å². The maximum Gasteiger partial charge on any atom is 0.406 e. The molecule has 0 aliphatic carbocycles. The molecule has 0 saturated carbocycles. The van der Waals surface area contributed by atoms with Gasteiger partial charge in [-0.3, -0.25) is 0 Å². The third-order valence-corrected chi connectivity index (χ3v) is 5.52. The molecule has 2 N–H and O–H groups in total. The average molecular weight is 446 g/mol. The number of benzene rings is 3. The largest absolute Gasteiger partial charge is 0.497 e. The SMILES string of the molecule is CNC(=O)OCCc1cccc(Nc2c3cc(OC)ccc3nc3cc(C)c(OC)cc23)c1. The number of hydrogen-bond acceptors (Lipinski definition) is 6. The number of methoxy groups -OCH3 is 2. The summed E-state index contributed by atoms with van der Waals surface area (Å²) in [6, 6.07) is 18.0. The molecule has 0 atom stereocenters. The van der Waals surface area contributed by atoms with E-state index in [1.165, 1.54) is 0 Å². The molecule has 0 fully saturated rings. The van der Waals surface area contributed by atoms with Crippen LogP contribution in [0.25, 0.3) is 21.8 Å². The number of nitrogens with one attached hydrogen (secondary N) is 2. The molecule has 170 valence electrons. The molecular weight excluding hydrogens is 418 g/mol. The van der Waals surface area contributed by atoms with E-state index >= 15 is 0 Å². The van der Waals surface area contributed by atoms with Crippen molar-refractivity contribution in [1.82, 2.24) is 10.3 Å². The topological polar surface area (TPSA) is 81.7 Å². The summed E-state index contributed by atoms with van der Waals surface area (Å²) in [6.07, 6.45) is 0.180. The monoisotopic (exact) mass is 445 g/mol. The first-order valence-corrected chi connectivity index (χ1v) is 10.7. The highest BCUT2D eigenvalue weighted by Gasteiger charge is 2.14. The van der Waals surface area contributed by atoms with E-state index in [1.54, 1.807) is 21.3 Å². The number of fused-ring (bicyclic) bond motifs is 2. The van der Waals surface area contributed by atoms with Crippen LogP contribution in [0.1, 0.15) is 11.1 Å². The zero-order valence-corrected chi connectivity index (χ0v) is 19.2. The normalized spacial score (nSPS) is 10.8. The molecule has 1 aromatic heterocycles. The van der Waals surface area contributed by atoms with Crippen molar-refractivity contribution in [3.63, 3.8) is 0 Å². The molecule has 1 amide bonds. The predicted octanol–water partition coefficient (Wildman–Crippen LogP) is 5.36. The molecule has 3 aromatic carbocycles. The molecule has 0 radical (unpaired) electrons. The van der Waals surface area contributed by atoms with Gasteiger partial charge in [-0.1, -0.05) is 12.1 Å². The number of carbonyl (C=O) groups excluding carboxylic acids is 1. The average Bonchev–Trinajstić information content (AvgIpc) is 2.83. The number of carbonyl (C=O) groups is 1. The molecule has 1 heterocycles. The number of rotatable bonds is 7. The summed E-state index contributed by atoms with van der Waals surface area (Å²) in [4.78, 5) is 16.2. The summed E-state index contributed by atoms with van der Waals surface area (Å²) in [5.41, 5.74) is 5.66. The first-order valence-electron chi connectivity index (χ1n) is 10.7. The Morgan fingerprint density at radius 3 is 2.55 bits per heavy atom. The van der Waals surface area contributed by atoms with Crippen molar-refractivity contribution in [2.75, 3.05) is 33.2 Å². The quantitative estimate of drug-likeness (QED) is 0.373. The van der Waals surface area contributed by atoms with Crippen LogP contribution in [-0.2, 0) is 11.2 Å². The summed E-state index contributed by atoms with van der Waals surface area (Å²) in [7, 11) is 4.87. The highest BCUT2D eigenvalue weighted by atomic mass is 16.5. The summed E-state index contributed by atoms with van der Waals surface area (Å²) in [5.74, 6) is 1.56. The van der Waals surface area contributed by atoms with Crippen LogP contribution in [0.4, 0.5) is 16.2 Å². The highest BCUT2D eigenvalue weighted by Crippen LogP contribution is 2.37. The lowest BCUT2D eigenvalue weighted by molar-refractivity contribution is 0.150. The van der Waals surface area contributed by atoms with Crippen molar-refractivity contribution in [3.8, 4) is 11.5 Å². The molecule has 0 unspecified atom stereocenters. The Morgan fingerprint density at radius 1 is 0.970 bits per heavy atom. The first kappa shape index (κ1) is 22.2. The van der Waals surface area contributed by atoms with Gasteiger partial charge in [-0.05, 0) is 60.5 Å². The number of amides is 1. The minimum absolute atomic E-state index is 0.303. The fraction of sp³-hybridized carbons (Fsp3) is 0.231. The van der Waals surface area contributed by atoms with E-state index in [0.717, 1.165) is 55.8 Å². The first-order chi connectivity index (χ1) is 16.0. The van der Waals surface area contributed by atoms with Crippen molar-refractivity contribution >= 4 is 39.3 Å². The Hall–Kier alpha value is -4.00. The molecule has 0 aliphatic rings. The summed E-state index contributed by atoms with van der Waals surface area (Å²) < 4.78 is 16.2. The number of alkyl carbamates (subject to hydrolysis) is 1. The third kappa shape index (κ3) is 4.77. The summed E-state index contributed by atoms with van der Waals surface area (Å²) in [6.45, 7) is 2.31. The van der Waals surface area contributed by atoms with Gasteiger partial charge in [-0.25, -0.2) is 9.78 Å². The van der Waals surface area contributed by atoms with E-state index in [9.17, 15) is 4.79 Å². The number of aromatic nitrogens is 1. The fourth-order valence-corrected chi connectivity index (χ4v) is 3.82. The molecule has 0 spiro atoms.